The number of nitro benzene ring substituents is 1. The number of nitro groups is 1. The van der Waals surface area contributed by atoms with E-state index in [1.165, 1.54) is 12.1 Å². The predicted octanol–water partition coefficient (Wildman–Crippen LogP) is 3.04. The van der Waals surface area contributed by atoms with Gasteiger partial charge in [-0.2, -0.15) is 0 Å². The van der Waals surface area contributed by atoms with Crippen LogP contribution in [0.2, 0.25) is 0 Å². The molecule has 110 valence electrons. The Bertz CT molecular complexity index is 602. The van der Waals surface area contributed by atoms with E-state index < -0.39 is 4.92 Å². The lowest BCUT2D eigenvalue weighted by Crippen LogP contribution is -2.06. The highest BCUT2D eigenvalue weighted by Crippen LogP contribution is 2.26. The third-order valence-corrected chi connectivity index (χ3v) is 2.91. The fraction of sp³-hybridized carbons (Fsp3) is 0.267. The van der Waals surface area contributed by atoms with Gasteiger partial charge < -0.3 is 10.1 Å². The minimum absolute atomic E-state index is 0.0207. The summed E-state index contributed by atoms with van der Waals surface area (Å²) in [5.74, 6) is 0.498. The molecule has 0 bridgehead atoms. The molecule has 1 aromatic heterocycles. The van der Waals surface area contributed by atoms with E-state index in [1.54, 1.807) is 18.5 Å². The molecule has 0 aliphatic rings. The molecule has 6 heteroatoms. The second-order valence-electron chi connectivity index (χ2n) is 4.44. The van der Waals surface area contributed by atoms with Crippen LogP contribution in [0.5, 0.6) is 5.75 Å². The van der Waals surface area contributed by atoms with Crippen molar-refractivity contribution in [2.75, 3.05) is 18.5 Å². The topological polar surface area (TPSA) is 77.3 Å². The van der Waals surface area contributed by atoms with Crippen LogP contribution >= 0.6 is 0 Å². The Balaban J connectivity index is 2.03. The van der Waals surface area contributed by atoms with Gasteiger partial charge in [-0.05, 0) is 31.0 Å². The van der Waals surface area contributed by atoms with Gasteiger partial charge in [0.15, 0.2) is 0 Å². The summed E-state index contributed by atoms with van der Waals surface area (Å²) < 4.78 is 5.35. The lowest BCUT2D eigenvalue weighted by Gasteiger charge is -2.09. The first-order valence-electron chi connectivity index (χ1n) is 6.74. The quantitative estimate of drug-likeness (QED) is 0.625. The van der Waals surface area contributed by atoms with E-state index in [1.807, 2.05) is 19.1 Å². The van der Waals surface area contributed by atoms with Crippen molar-refractivity contribution in [2.45, 2.75) is 13.3 Å². The van der Waals surface area contributed by atoms with Gasteiger partial charge in [-0.15, -0.1) is 0 Å². The highest BCUT2D eigenvalue weighted by Gasteiger charge is 2.10. The number of rotatable bonds is 7. The summed E-state index contributed by atoms with van der Waals surface area (Å²) in [6.07, 6.45) is 4.31. The van der Waals surface area contributed by atoms with Gasteiger partial charge in [0.2, 0.25) is 0 Å². The number of pyridine rings is 1. The van der Waals surface area contributed by atoms with Crippen molar-refractivity contribution in [3.63, 3.8) is 0 Å². The van der Waals surface area contributed by atoms with Gasteiger partial charge in [-0.3, -0.25) is 15.1 Å². The van der Waals surface area contributed by atoms with Gasteiger partial charge >= 0.3 is 0 Å². The van der Waals surface area contributed by atoms with Gasteiger partial charge in [0.1, 0.15) is 5.75 Å². The summed E-state index contributed by atoms with van der Waals surface area (Å²) in [6, 6.07) is 8.59. The van der Waals surface area contributed by atoms with Crippen molar-refractivity contribution in [3.8, 4) is 5.75 Å². The van der Waals surface area contributed by atoms with Crippen molar-refractivity contribution in [2.24, 2.45) is 0 Å². The molecule has 1 aromatic carbocycles. The monoisotopic (exact) mass is 287 g/mol. The van der Waals surface area contributed by atoms with Gasteiger partial charge in [0, 0.05) is 36.8 Å². The molecule has 6 nitrogen and oxygen atoms in total. The number of nitrogens with zero attached hydrogens (tertiary/aromatic N) is 2. The van der Waals surface area contributed by atoms with E-state index in [2.05, 4.69) is 10.3 Å². The molecular weight excluding hydrogens is 270 g/mol. The van der Waals surface area contributed by atoms with E-state index in [0.717, 1.165) is 12.0 Å². The van der Waals surface area contributed by atoms with Crippen LogP contribution in [0.15, 0.2) is 42.7 Å². The normalized spacial score (nSPS) is 10.1. The Labute approximate surface area is 122 Å². The Morgan fingerprint density at radius 2 is 2.05 bits per heavy atom. The summed E-state index contributed by atoms with van der Waals surface area (Å²) in [4.78, 5) is 14.5. The smallest absolute Gasteiger partial charge is 0.275 e. The Morgan fingerprint density at radius 1 is 1.29 bits per heavy atom. The van der Waals surface area contributed by atoms with Gasteiger partial charge in [-0.25, -0.2) is 0 Å². The van der Waals surface area contributed by atoms with Crippen molar-refractivity contribution >= 4 is 11.4 Å². The first kappa shape index (κ1) is 14.8. The molecule has 0 radical (unpaired) electrons. The van der Waals surface area contributed by atoms with Gasteiger partial charge in [-0.1, -0.05) is 0 Å². The maximum Gasteiger partial charge on any atom is 0.275 e. The molecule has 0 amide bonds. The molecular formula is C15H17N3O3. The molecule has 0 saturated heterocycles. The summed E-state index contributed by atoms with van der Waals surface area (Å²) in [5, 5.41) is 14.1. The molecule has 0 atom stereocenters. The predicted molar refractivity (Wildman–Crippen MR) is 80.7 cm³/mol. The lowest BCUT2D eigenvalue weighted by molar-refractivity contribution is -0.384. The number of ether oxygens (including phenoxy) is 1. The maximum atomic E-state index is 10.9. The Kier molecular flexibility index (Phi) is 5.09. The highest BCUT2D eigenvalue weighted by molar-refractivity contribution is 5.56. The average Bonchev–Trinajstić information content (AvgIpc) is 2.48. The number of nitrogens with one attached hydrogen (secondary N) is 1. The molecule has 0 fully saturated rings. The molecule has 2 aromatic rings. The van der Waals surface area contributed by atoms with Gasteiger partial charge in [0.25, 0.3) is 5.69 Å². The molecule has 21 heavy (non-hydrogen) atoms. The SMILES string of the molecule is CCOc1cc(NCCc2ccncc2)cc([N+](=O)[O-])c1. The van der Waals surface area contributed by atoms with Crippen molar-refractivity contribution in [1.82, 2.24) is 4.98 Å². The Hall–Kier alpha value is -2.63. The van der Waals surface area contributed by atoms with E-state index in [9.17, 15) is 10.1 Å². The van der Waals surface area contributed by atoms with Crippen LogP contribution in [0.3, 0.4) is 0 Å². The number of aromatic nitrogens is 1. The largest absolute Gasteiger partial charge is 0.494 e. The molecule has 0 aliphatic carbocycles. The van der Waals surface area contributed by atoms with Gasteiger partial charge in [0.05, 0.1) is 17.6 Å². The van der Waals surface area contributed by atoms with E-state index >= 15 is 0 Å². The standard InChI is InChI=1S/C15H17N3O3/c1-2-21-15-10-13(9-14(11-15)18(19)20)17-8-5-12-3-6-16-7-4-12/h3-4,6-7,9-11,17H,2,5,8H2,1H3. The molecule has 1 heterocycles. The Morgan fingerprint density at radius 3 is 2.71 bits per heavy atom. The highest BCUT2D eigenvalue weighted by atomic mass is 16.6. The second kappa shape index (κ2) is 7.23. The van der Waals surface area contributed by atoms with E-state index in [0.29, 0.717) is 24.6 Å². The van der Waals surface area contributed by atoms with Crippen molar-refractivity contribution < 1.29 is 9.66 Å². The first-order chi connectivity index (χ1) is 10.2. The zero-order valence-corrected chi connectivity index (χ0v) is 11.8. The lowest BCUT2D eigenvalue weighted by atomic mass is 10.2. The van der Waals surface area contributed by atoms with E-state index in [-0.39, 0.29) is 5.69 Å². The first-order valence-corrected chi connectivity index (χ1v) is 6.74. The number of anilines is 1. The van der Waals surface area contributed by atoms with Crippen LogP contribution in [-0.4, -0.2) is 23.1 Å². The van der Waals surface area contributed by atoms with Crippen LogP contribution < -0.4 is 10.1 Å². The number of hydrogen-bond acceptors (Lipinski definition) is 5. The zero-order chi connectivity index (χ0) is 15.1. The number of benzene rings is 1. The van der Waals surface area contributed by atoms with Crippen LogP contribution in [0.25, 0.3) is 0 Å². The molecule has 0 aliphatic heterocycles. The molecule has 0 spiro atoms. The molecule has 0 unspecified atom stereocenters. The minimum Gasteiger partial charge on any atom is -0.494 e. The fourth-order valence-corrected chi connectivity index (χ4v) is 1.94. The average molecular weight is 287 g/mol. The fourth-order valence-electron chi connectivity index (χ4n) is 1.94. The summed E-state index contributed by atoms with van der Waals surface area (Å²) >= 11 is 0. The number of hydrogen-bond donors (Lipinski definition) is 1. The maximum absolute atomic E-state index is 10.9. The van der Waals surface area contributed by atoms with E-state index in [4.69, 9.17) is 4.74 Å². The molecule has 2 rings (SSSR count). The minimum atomic E-state index is -0.420. The number of non-ortho nitro benzene ring substituents is 1. The third kappa shape index (κ3) is 4.45. The summed E-state index contributed by atoms with van der Waals surface area (Å²) in [5.41, 5.74) is 1.86. The second-order valence-corrected chi connectivity index (χ2v) is 4.44. The third-order valence-electron chi connectivity index (χ3n) is 2.91. The van der Waals surface area contributed by atoms with Crippen LogP contribution in [0.4, 0.5) is 11.4 Å². The van der Waals surface area contributed by atoms with Crippen LogP contribution in [0, 0.1) is 10.1 Å². The van der Waals surface area contributed by atoms with Crippen molar-refractivity contribution in [3.05, 3.63) is 58.4 Å². The zero-order valence-electron chi connectivity index (χ0n) is 11.8. The van der Waals surface area contributed by atoms with Crippen LogP contribution in [-0.2, 0) is 6.42 Å². The summed E-state index contributed by atoms with van der Waals surface area (Å²) in [6.45, 7) is 2.99. The van der Waals surface area contributed by atoms with Crippen LogP contribution in [0.1, 0.15) is 12.5 Å². The molecule has 0 saturated carbocycles. The molecule has 1 N–H and O–H groups in total. The summed E-state index contributed by atoms with van der Waals surface area (Å²) in [7, 11) is 0. The van der Waals surface area contributed by atoms with Crippen molar-refractivity contribution in [1.29, 1.82) is 0 Å².